The van der Waals surface area contributed by atoms with Gasteiger partial charge in [0.15, 0.2) is 0 Å². The van der Waals surface area contributed by atoms with Crippen LogP contribution in [0, 0.1) is 12.3 Å². The number of urea groups is 1. The number of hydrogen-bond donors (Lipinski definition) is 1. The number of carbonyl (C=O) groups excluding carboxylic acids is 2. The molecule has 0 radical (unpaired) electrons. The van der Waals surface area contributed by atoms with E-state index in [0.29, 0.717) is 40.8 Å². The van der Waals surface area contributed by atoms with Crippen LogP contribution in [0.5, 0.6) is 0 Å². The number of nitrogens with zero attached hydrogens (tertiary/aromatic N) is 3. The largest absolute Gasteiger partial charge is 0.481 e. The first-order valence-corrected chi connectivity index (χ1v) is 16.0. The molecule has 1 fully saturated rings. The minimum absolute atomic E-state index is 0.0542. The average Bonchev–Trinajstić information content (AvgIpc) is 3.03. The van der Waals surface area contributed by atoms with Gasteiger partial charge in [0, 0.05) is 60.3 Å². The average molecular weight is 659 g/mol. The summed E-state index contributed by atoms with van der Waals surface area (Å²) in [6.45, 7) is 3.10. The molecule has 46 heavy (non-hydrogen) atoms. The van der Waals surface area contributed by atoms with Gasteiger partial charge >= 0.3 is 12.0 Å². The number of carbonyl (C=O) groups is 3. The quantitative estimate of drug-likeness (QED) is 0.168. The Morgan fingerprint density at radius 1 is 0.848 bits per heavy atom. The van der Waals surface area contributed by atoms with Gasteiger partial charge in [-0.2, -0.15) is 0 Å². The van der Waals surface area contributed by atoms with E-state index in [-0.39, 0.29) is 44.4 Å². The lowest BCUT2D eigenvalue weighted by Crippen LogP contribution is -2.60. The molecule has 0 spiro atoms. The fourth-order valence-electron chi connectivity index (χ4n) is 6.05. The van der Waals surface area contributed by atoms with Gasteiger partial charge in [0.05, 0.1) is 6.42 Å². The fourth-order valence-corrected chi connectivity index (χ4v) is 6.51. The molecule has 9 heteroatoms. The molecule has 7 nitrogen and oxygen atoms in total. The molecular weight excluding hydrogens is 621 g/mol. The molecule has 1 heterocycles. The van der Waals surface area contributed by atoms with E-state index in [0.717, 1.165) is 16.7 Å². The molecule has 0 saturated carbocycles. The van der Waals surface area contributed by atoms with Crippen LogP contribution in [0.2, 0.25) is 10.0 Å². The second-order valence-electron chi connectivity index (χ2n) is 12.1. The summed E-state index contributed by atoms with van der Waals surface area (Å²) >= 11 is 12.7. The van der Waals surface area contributed by atoms with Crippen molar-refractivity contribution < 1.29 is 19.5 Å². The normalized spacial score (nSPS) is 16.4. The molecule has 0 aromatic heterocycles. The van der Waals surface area contributed by atoms with Gasteiger partial charge in [-0.15, -0.1) is 0 Å². The molecule has 0 bridgehead atoms. The lowest BCUT2D eigenvalue weighted by Gasteiger charge is -2.47. The lowest BCUT2D eigenvalue weighted by molar-refractivity contribution is -0.142. The molecule has 1 unspecified atom stereocenters. The first kappa shape index (κ1) is 33.0. The summed E-state index contributed by atoms with van der Waals surface area (Å²) in [5, 5.41) is 11.1. The summed E-state index contributed by atoms with van der Waals surface area (Å²) in [4.78, 5) is 45.8. The number of amides is 3. The highest BCUT2D eigenvalue weighted by Crippen LogP contribution is 2.38. The predicted octanol–water partition coefficient (Wildman–Crippen LogP) is 7.87. The lowest BCUT2D eigenvalue weighted by atomic mass is 9.77. The van der Waals surface area contributed by atoms with Crippen LogP contribution in [0.15, 0.2) is 103 Å². The van der Waals surface area contributed by atoms with Crippen molar-refractivity contribution in [3.05, 3.63) is 135 Å². The van der Waals surface area contributed by atoms with Gasteiger partial charge in [0.2, 0.25) is 5.91 Å². The zero-order valence-corrected chi connectivity index (χ0v) is 27.3. The number of carboxylic acid groups (broad SMARTS) is 1. The molecule has 238 valence electrons. The molecular formula is C37H37Cl2N3O4. The Kier molecular flexibility index (Phi) is 10.7. The van der Waals surface area contributed by atoms with Crippen molar-refractivity contribution in [2.24, 2.45) is 5.41 Å². The van der Waals surface area contributed by atoms with Crippen LogP contribution in [0.1, 0.15) is 35.1 Å². The minimum atomic E-state index is -1.08. The van der Waals surface area contributed by atoms with Gasteiger partial charge in [0.1, 0.15) is 0 Å². The van der Waals surface area contributed by atoms with Crippen LogP contribution in [-0.2, 0) is 29.1 Å². The number of carboxylic acids is 1. The Morgan fingerprint density at radius 2 is 1.50 bits per heavy atom. The summed E-state index contributed by atoms with van der Waals surface area (Å²) in [5.74, 6) is -1.20. The third-order valence-corrected chi connectivity index (χ3v) is 8.96. The van der Waals surface area contributed by atoms with Crippen LogP contribution >= 0.6 is 23.2 Å². The first-order chi connectivity index (χ1) is 22.1. The van der Waals surface area contributed by atoms with Crippen LogP contribution in [0.4, 0.5) is 10.5 Å². The van der Waals surface area contributed by atoms with Gasteiger partial charge < -0.3 is 14.9 Å². The zero-order valence-electron chi connectivity index (χ0n) is 25.7. The Hall–Kier alpha value is -4.33. The van der Waals surface area contributed by atoms with E-state index in [9.17, 15) is 19.5 Å². The number of aryl methyl sites for hydroxylation is 1. The first-order valence-electron chi connectivity index (χ1n) is 15.3. The van der Waals surface area contributed by atoms with E-state index in [1.54, 1.807) is 32.9 Å². The Labute approximate surface area is 280 Å². The maximum absolute atomic E-state index is 14.3. The van der Waals surface area contributed by atoms with E-state index in [2.05, 4.69) is 0 Å². The van der Waals surface area contributed by atoms with E-state index in [1.807, 2.05) is 91.9 Å². The monoisotopic (exact) mass is 657 g/mol. The second kappa shape index (κ2) is 14.8. The highest BCUT2D eigenvalue weighted by molar-refractivity contribution is 6.35. The highest BCUT2D eigenvalue weighted by atomic mass is 35.5. The summed E-state index contributed by atoms with van der Waals surface area (Å²) in [7, 11) is 0. The highest BCUT2D eigenvalue weighted by Gasteiger charge is 2.46. The molecule has 0 aliphatic carbocycles. The van der Waals surface area contributed by atoms with Gasteiger partial charge in [-0.1, -0.05) is 108 Å². The third kappa shape index (κ3) is 8.47. The SMILES string of the molecule is Cc1ccc(N2CC(CC(=O)O)(CC(=O)N(CCc3ccccc3)Cc3ccccc3)CN(Cc3ccc(Cl)cc3Cl)C2=O)cc1. The van der Waals surface area contributed by atoms with E-state index < -0.39 is 11.4 Å². The van der Waals surface area contributed by atoms with Crippen molar-refractivity contribution in [2.45, 2.75) is 39.3 Å². The van der Waals surface area contributed by atoms with Gasteiger partial charge in [-0.05, 0) is 54.3 Å². The predicted molar refractivity (Wildman–Crippen MR) is 182 cm³/mol. The number of benzene rings is 4. The van der Waals surface area contributed by atoms with Crippen LogP contribution in [0.25, 0.3) is 0 Å². The van der Waals surface area contributed by atoms with Crippen molar-refractivity contribution in [3.63, 3.8) is 0 Å². The standard InChI is InChI=1S/C37H37Cl2N3O4/c1-27-12-16-32(17-13-27)42-26-37(22-35(44)45,25-41(36(42)46)24-30-14-15-31(38)20-33(30)39)21-34(43)40(23-29-10-6-3-7-11-29)19-18-28-8-4-2-5-9-28/h2-17,20H,18-19,21-26H2,1H3,(H,44,45). The molecule has 5 rings (SSSR count). The van der Waals surface area contributed by atoms with Gasteiger partial charge in [-0.25, -0.2) is 4.79 Å². The van der Waals surface area contributed by atoms with Crippen LogP contribution < -0.4 is 4.90 Å². The van der Waals surface area contributed by atoms with Crippen molar-refractivity contribution >= 4 is 46.8 Å². The number of anilines is 1. The topological polar surface area (TPSA) is 81.2 Å². The Balaban J connectivity index is 1.49. The van der Waals surface area contributed by atoms with Gasteiger partial charge in [-0.3, -0.25) is 14.5 Å². The maximum Gasteiger partial charge on any atom is 0.324 e. The summed E-state index contributed by atoms with van der Waals surface area (Å²) < 4.78 is 0. The van der Waals surface area contributed by atoms with Gasteiger partial charge in [0.25, 0.3) is 0 Å². The molecule has 4 aromatic rings. The summed E-state index contributed by atoms with van der Waals surface area (Å²) in [5.41, 5.74) is 3.34. The second-order valence-corrected chi connectivity index (χ2v) is 12.9. The zero-order chi connectivity index (χ0) is 32.7. The third-order valence-electron chi connectivity index (χ3n) is 8.38. The Morgan fingerprint density at radius 3 is 2.13 bits per heavy atom. The van der Waals surface area contributed by atoms with E-state index >= 15 is 0 Å². The minimum Gasteiger partial charge on any atom is -0.481 e. The van der Waals surface area contributed by atoms with E-state index in [4.69, 9.17) is 23.2 Å². The number of rotatable bonds is 12. The Bertz CT molecular complexity index is 1670. The number of halogens is 2. The molecule has 3 amide bonds. The molecule has 1 aliphatic heterocycles. The number of aliphatic carboxylic acids is 1. The molecule has 1 N–H and O–H groups in total. The van der Waals surface area contributed by atoms with Crippen LogP contribution in [-0.4, -0.2) is 52.4 Å². The molecule has 1 atom stereocenters. The van der Waals surface area contributed by atoms with Crippen LogP contribution in [0.3, 0.4) is 0 Å². The maximum atomic E-state index is 14.3. The molecule has 4 aromatic carbocycles. The fraction of sp³-hybridized carbons (Fsp3) is 0.270. The van der Waals surface area contributed by atoms with Crippen molar-refractivity contribution in [1.82, 2.24) is 9.80 Å². The molecule has 1 saturated heterocycles. The summed E-state index contributed by atoms with van der Waals surface area (Å²) in [6.07, 6.45) is 0.305. The van der Waals surface area contributed by atoms with Crippen molar-refractivity contribution in [1.29, 1.82) is 0 Å². The smallest absolute Gasteiger partial charge is 0.324 e. The van der Waals surface area contributed by atoms with Crippen molar-refractivity contribution in [3.8, 4) is 0 Å². The van der Waals surface area contributed by atoms with Crippen molar-refractivity contribution in [2.75, 3.05) is 24.5 Å². The summed E-state index contributed by atoms with van der Waals surface area (Å²) in [6, 6.07) is 32.0. The number of hydrogen-bond acceptors (Lipinski definition) is 3. The van der Waals surface area contributed by atoms with E-state index in [1.165, 1.54) is 0 Å². The molecule has 1 aliphatic rings.